The second-order valence-electron chi connectivity index (χ2n) is 6.49. The van der Waals surface area contributed by atoms with Gasteiger partial charge >= 0.3 is 5.97 Å². The highest BCUT2D eigenvalue weighted by atomic mass is 32.2. The minimum absolute atomic E-state index is 0.0592. The maximum atomic E-state index is 12.7. The Morgan fingerprint density at radius 1 is 1.08 bits per heavy atom. The summed E-state index contributed by atoms with van der Waals surface area (Å²) in [5.74, 6) is -1.03. The SMILES string of the molecule is O=C(O)CCCCC(=O)NCc1cccc(S(=O)(=O)N2CCCCC2)c1. The minimum atomic E-state index is -3.48. The van der Waals surface area contributed by atoms with Crippen molar-refractivity contribution in [2.75, 3.05) is 13.1 Å². The van der Waals surface area contributed by atoms with E-state index in [2.05, 4.69) is 5.32 Å². The quantitative estimate of drug-likeness (QED) is 0.637. The molecule has 0 aromatic heterocycles. The summed E-state index contributed by atoms with van der Waals surface area (Å²) in [4.78, 5) is 22.5. The van der Waals surface area contributed by atoms with Crippen LogP contribution in [0.1, 0.15) is 50.5 Å². The van der Waals surface area contributed by atoms with Crippen molar-refractivity contribution in [3.05, 3.63) is 29.8 Å². The molecule has 26 heavy (non-hydrogen) atoms. The number of carboxylic acid groups (broad SMARTS) is 1. The van der Waals surface area contributed by atoms with E-state index in [4.69, 9.17) is 5.11 Å². The summed E-state index contributed by atoms with van der Waals surface area (Å²) in [5, 5.41) is 11.3. The van der Waals surface area contributed by atoms with Crippen LogP contribution in [-0.2, 0) is 26.2 Å². The molecule has 2 rings (SSSR count). The van der Waals surface area contributed by atoms with Crippen LogP contribution in [0.5, 0.6) is 0 Å². The fourth-order valence-electron chi connectivity index (χ4n) is 2.92. The van der Waals surface area contributed by atoms with Crippen molar-refractivity contribution in [2.45, 2.75) is 56.4 Å². The van der Waals surface area contributed by atoms with E-state index in [0.29, 0.717) is 25.9 Å². The first-order valence-corrected chi connectivity index (χ1v) is 10.4. The fraction of sp³-hybridized carbons (Fsp3) is 0.556. The number of carbonyl (C=O) groups excluding carboxylic acids is 1. The second-order valence-corrected chi connectivity index (χ2v) is 8.43. The number of rotatable bonds is 9. The van der Waals surface area contributed by atoms with Gasteiger partial charge in [0.05, 0.1) is 4.90 Å². The highest BCUT2D eigenvalue weighted by Crippen LogP contribution is 2.21. The predicted octanol–water partition coefficient (Wildman–Crippen LogP) is 2.12. The Balaban J connectivity index is 1.88. The molecule has 1 aromatic rings. The van der Waals surface area contributed by atoms with Crippen LogP contribution >= 0.6 is 0 Å². The van der Waals surface area contributed by atoms with Crippen molar-refractivity contribution < 1.29 is 23.1 Å². The molecule has 1 heterocycles. The van der Waals surface area contributed by atoms with Crippen molar-refractivity contribution in [2.24, 2.45) is 0 Å². The number of sulfonamides is 1. The zero-order valence-electron chi connectivity index (χ0n) is 14.8. The topological polar surface area (TPSA) is 104 Å². The van der Waals surface area contributed by atoms with E-state index in [9.17, 15) is 18.0 Å². The normalized spacial score (nSPS) is 15.5. The molecule has 0 unspecified atom stereocenters. The third kappa shape index (κ3) is 6.10. The lowest BCUT2D eigenvalue weighted by Gasteiger charge is -2.26. The third-order valence-electron chi connectivity index (χ3n) is 4.39. The molecule has 1 fully saturated rings. The molecule has 0 spiro atoms. The molecular formula is C18H26N2O5S. The van der Waals surface area contributed by atoms with Gasteiger partial charge in [-0.1, -0.05) is 18.6 Å². The smallest absolute Gasteiger partial charge is 0.303 e. The van der Waals surface area contributed by atoms with Gasteiger partial charge in [0.25, 0.3) is 0 Å². The summed E-state index contributed by atoms with van der Waals surface area (Å²) in [5.41, 5.74) is 0.724. The van der Waals surface area contributed by atoms with Crippen LogP contribution in [0.2, 0.25) is 0 Å². The van der Waals surface area contributed by atoms with Crippen LogP contribution < -0.4 is 5.32 Å². The number of hydrogen-bond acceptors (Lipinski definition) is 4. The lowest BCUT2D eigenvalue weighted by Crippen LogP contribution is -2.35. The summed E-state index contributed by atoms with van der Waals surface area (Å²) < 4.78 is 26.9. The Morgan fingerprint density at radius 3 is 2.46 bits per heavy atom. The molecule has 1 aliphatic heterocycles. The third-order valence-corrected chi connectivity index (χ3v) is 6.28. The largest absolute Gasteiger partial charge is 0.481 e. The summed E-state index contributed by atoms with van der Waals surface area (Å²) in [7, 11) is -3.48. The monoisotopic (exact) mass is 382 g/mol. The number of amides is 1. The number of benzene rings is 1. The summed E-state index contributed by atoms with van der Waals surface area (Å²) >= 11 is 0. The molecule has 0 aliphatic carbocycles. The predicted molar refractivity (Wildman–Crippen MR) is 97.0 cm³/mol. The van der Waals surface area contributed by atoms with E-state index in [1.54, 1.807) is 24.3 Å². The molecule has 0 atom stereocenters. The maximum Gasteiger partial charge on any atom is 0.303 e. The number of nitrogens with zero attached hydrogens (tertiary/aromatic N) is 1. The van der Waals surface area contributed by atoms with E-state index in [-0.39, 0.29) is 30.2 Å². The first-order valence-electron chi connectivity index (χ1n) is 8.97. The van der Waals surface area contributed by atoms with Crippen LogP contribution in [0.3, 0.4) is 0 Å². The van der Waals surface area contributed by atoms with E-state index in [1.807, 2.05) is 0 Å². The molecule has 0 saturated carbocycles. The molecule has 144 valence electrons. The second kappa shape index (κ2) is 9.68. The van der Waals surface area contributed by atoms with Crippen LogP contribution in [0.25, 0.3) is 0 Å². The zero-order valence-corrected chi connectivity index (χ0v) is 15.6. The molecular weight excluding hydrogens is 356 g/mol. The number of piperidine rings is 1. The lowest BCUT2D eigenvalue weighted by molar-refractivity contribution is -0.137. The minimum Gasteiger partial charge on any atom is -0.481 e. The maximum absolute atomic E-state index is 12.7. The summed E-state index contributed by atoms with van der Waals surface area (Å²) in [6.07, 6.45) is 4.13. The van der Waals surface area contributed by atoms with Gasteiger partial charge in [0.2, 0.25) is 15.9 Å². The number of aliphatic carboxylic acids is 1. The van der Waals surface area contributed by atoms with Gasteiger partial charge in [-0.15, -0.1) is 0 Å². The highest BCUT2D eigenvalue weighted by Gasteiger charge is 2.25. The standard InChI is InChI=1S/C18H26N2O5S/c21-17(9-2-3-10-18(22)23)19-14-15-7-6-8-16(13-15)26(24,25)20-11-4-1-5-12-20/h6-8,13H,1-5,9-12,14H2,(H,19,21)(H,22,23). The van der Waals surface area contributed by atoms with Crippen molar-refractivity contribution in [3.8, 4) is 0 Å². The van der Waals surface area contributed by atoms with Crippen molar-refractivity contribution in [1.82, 2.24) is 9.62 Å². The highest BCUT2D eigenvalue weighted by molar-refractivity contribution is 7.89. The van der Waals surface area contributed by atoms with Crippen LogP contribution in [-0.4, -0.2) is 42.8 Å². The molecule has 0 radical (unpaired) electrons. The number of carbonyl (C=O) groups is 2. The van der Waals surface area contributed by atoms with Crippen LogP contribution in [0, 0.1) is 0 Å². The van der Waals surface area contributed by atoms with Gasteiger partial charge in [-0.25, -0.2) is 8.42 Å². The van der Waals surface area contributed by atoms with Crippen molar-refractivity contribution in [1.29, 1.82) is 0 Å². The Labute approximate surface area is 154 Å². The van der Waals surface area contributed by atoms with E-state index >= 15 is 0 Å². The molecule has 8 heteroatoms. The first kappa shape index (κ1) is 20.4. The van der Waals surface area contributed by atoms with E-state index in [1.165, 1.54) is 4.31 Å². The average Bonchev–Trinajstić information content (AvgIpc) is 2.64. The van der Waals surface area contributed by atoms with Gasteiger partial charge < -0.3 is 10.4 Å². The van der Waals surface area contributed by atoms with Gasteiger partial charge in [0.15, 0.2) is 0 Å². The number of unbranched alkanes of at least 4 members (excludes halogenated alkanes) is 1. The summed E-state index contributed by atoms with van der Waals surface area (Å²) in [6, 6.07) is 6.65. The van der Waals surface area contributed by atoms with Crippen LogP contribution in [0.15, 0.2) is 29.2 Å². The molecule has 0 bridgehead atoms. The average molecular weight is 382 g/mol. The Hall–Kier alpha value is -1.93. The fourth-order valence-corrected chi connectivity index (χ4v) is 4.51. The summed E-state index contributed by atoms with van der Waals surface area (Å²) in [6.45, 7) is 1.36. The number of nitrogens with one attached hydrogen (secondary N) is 1. The molecule has 2 N–H and O–H groups in total. The van der Waals surface area contributed by atoms with Gasteiger partial charge in [-0.2, -0.15) is 4.31 Å². The van der Waals surface area contributed by atoms with E-state index in [0.717, 1.165) is 24.8 Å². The first-order chi connectivity index (χ1) is 12.4. The number of carboxylic acids is 1. The van der Waals surface area contributed by atoms with Crippen molar-refractivity contribution >= 4 is 21.9 Å². The Bertz CT molecular complexity index is 727. The molecule has 1 aromatic carbocycles. The lowest BCUT2D eigenvalue weighted by atomic mass is 10.2. The Morgan fingerprint density at radius 2 is 1.77 bits per heavy atom. The van der Waals surface area contributed by atoms with Crippen LogP contribution in [0.4, 0.5) is 0 Å². The molecule has 1 saturated heterocycles. The molecule has 1 aliphatic rings. The Kier molecular flexibility index (Phi) is 7.59. The van der Waals surface area contributed by atoms with Crippen molar-refractivity contribution in [3.63, 3.8) is 0 Å². The van der Waals surface area contributed by atoms with Gasteiger partial charge in [-0.05, 0) is 43.4 Å². The van der Waals surface area contributed by atoms with Gasteiger partial charge in [0.1, 0.15) is 0 Å². The van der Waals surface area contributed by atoms with E-state index < -0.39 is 16.0 Å². The number of hydrogen-bond donors (Lipinski definition) is 2. The van der Waals surface area contributed by atoms with Gasteiger partial charge in [0, 0.05) is 32.5 Å². The molecule has 1 amide bonds. The zero-order chi connectivity index (χ0) is 19.0. The molecule has 7 nitrogen and oxygen atoms in total. The van der Waals surface area contributed by atoms with Gasteiger partial charge in [-0.3, -0.25) is 9.59 Å².